The van der Waals surface area contributed by atoms with Gasteiger partial charge in [-0.2, -0.15) is 5.10 Å². The zero-order valence-electron chi connectivity index (χ0n) is 16.7. The lowest BCUT2D eigenvalue weighted by atomic mass is 9.96. The van der Waals surface area contributed by atoms with Crippen molar-refractivity contribution in [3.8, 4) is 0 Å². The molecule has 1 aliphatic carbocycles. The minimum atomic E-state index is 0.609. The van der Waals surface area contributed by atoms with Crippen molar-refractivity contribution in [1.29, 1.82) is 0 Å². The average Bonchev–Trinajstić information content (AvgIpc) is 3.23. The number of nitrogens with one attached hydrogen (secondary N) is 1. The molecular weight excluding hydrogens is 414 g/mol. The Morgan fingerprint density at radius 2 is 2.00 bits per heavy atom. The molecule has 152 valence electrons. The molecule has 4 rings (SSSR count). The Bertz CT molecular complexity index is 1180. The largest absolute Gasteiger partial charge is 0.312 e. The fourth-order valence-corrected chi connectivity index (χ4v) is 4.56. The second-order valence-electron chi connectivity index (χ2n) is 6.98. The summed E-state index contributed by atoms with van der Waals surface area (Å²) in [7, 11) is 0. The Morgan fingerprint density at radius 3 is 2.80 bits per heavy atom. The third kappa shape index (κ3) is 4.06. The maximum atomic E-state index is 6.57. The topological polar surface area (TPSA) is 57.7 Å². The van der Waals surface area contributed by atoms with E-state index in [1.54, 1.807) is 18.0 Å². The van der Waals surface area contributed by atoms with Crippen LogP contribution in [0, 0.1) is 0 Å². The maximum absolute atomic E-state index is 6.57. The number of H-pyrrole nitrogens is 1. The molecule has 0 spiro atoms. The fourth-order valence-electron chi connectivity index (χ4n) is 3.48. The van der Waals surface area contributed by atoms with Crippen molar-refractivity contribution < 1.29 is 0 Å². The SMILES string of the molecule is C=C(CSc1ncnc2[nH]ncc12)N(C(=C)C1=CCCC=C1C)c1ccccc1Cl. The summed E-state index contributed by atoms with van der Waals surface area (Å²) >= 11 is 8.15. The summed E-state index contributed by atoms with van der Waals surface area (Å²) in [5.41, 5.74) is 5.68. The number of nitrogens with zero attached hydrogens (tertiary/aromatic N) is 4. The van der Waals surface area contributed by atoms with Crippen molar-refractivity contribution >= 4 is 40.1 Å². The van der Waals surface area contributed by atoms with Gasteiger partial charge in [-0.15, -0.1) is 0 Å². The number of aromatic nitrogens is 4. The lowest BCUT2D eigenvalue weighted by Crippen LogP contribution is -2.24. The number of para-hydroxylation sites is 1. The standard InChI is InChI=1S/C23H22ClN5S/c1-15-8-4-5-9-18(15)17(3)29(21-11-7-6-10-20(21)24)16(2)13-30-23-19-12-27-28-22(19)25-14-26-23/h6-12,14H,2-5,13H2,1H3,(H,25,26,27,28). The third-order valence-electron chi connectivity index (χ3n) is 4.97. The molecule has 3 aromatic rings. The van der Waals surface area contributed by atoms with Crippen LogP contribution in [0.4, 0.5) is 5.69 Å². The highest BCUT2D eigenvalue weighted by molar-refractivity contribution is 7.99. The minimum Gasteiger partial charge on any atom is -0.312 e. The van der Waals surface area contributed by atoms with E-state index in [1.807, 2.05) is 24.3 Å². The van der Waals surface area contributed by atoms with Crippen molar-refractivity contribution in [2.75, 3.05) is 10.7 Å². The molecule has 0 fully saturated rings. The van der Waals surface area contributed by atoms with Gasteiger partial charge >= 0.3 is 0 Å². The molecule has 0 aliphatic heterocycles. The van der Waals surface area contributed by atoms with E-state index < -0.39 is 0 Å². The highest BCUT2D eigenvalue weighted by Crippen LogP contribution is 2.37. The van der Waals surface area contributed by atoms with Crippen LogP contribution in [0.2, 0.25) is 5.02 Å². The van der Waals surface area contributed by atoms with Crippen LogP contribution in [0.3, 0.4) is 0 Å². The van der Waals surface area contributed by atoms with E-state index in [9.17, 15) is 0 Å². The number of aromatic amines is 1. The molecule has 5 nitrogen and oxygen atoms in total. The zero-order valence-corrected chi connectivity index (χ0v) is 18.3. The molecule has 1 aliphatic rings. The van der Waals surface area contributed by atoms with Crippen molar-refractivity contribution in [3.05, 3.63) is 89.7 Å². The number of benzene rings is 1. The van der Waals surface area contributed by atoms with Crippen molar-refractivity contribution in [2.45, 2.75) is 24.8 Å². The highest BCUT2D eigenvalue weighted by atomic mass is 35.5. The van der Waals surface area contributed by atoms with Crippen molar-refractivity contribution in [1.82, 2.24) is 20.2 Å². The van der Waals surface area contributed by atoms with Crippen LogP contribution < -0.4 is 4.90 Å². The summed E-state index contributed by atoms with van der Waals surface area (Å²) in [6, 6.07) is 7.77. The smallest absolute Gasteiger partial charge is 0.159 e. The van der Waals surface area contributed by atoms with Gasteiger partial charge in [-0.05, 0) is 43.0 Å². The molecular formula is C23H22ClN5S. The first-order valence-corrected chi connectivity index (χ1v) is 11.0. The van der Waals surface area contributed by atoms with Gasteiger partial charge in [-0.1, -0.05) is 60.8 Å². The molecule has 2 heterocycles. The number of halogens is 1. The van der Waals surface area contributed by atoms with Crippen LogP contribution in [-0.4, -0.2) is 25.9 Å². The van der Waals surface area contributed by atoms with Crippen LogP contribution in [0.5, 0.6) is 0 Å². The molecule has 1 N–H and O–H groups in total. The van der Waals surface area contributed by atoms with Gasteiger partial charge in [-0.25, -0.2) is 9.97 Å². The monoisotopic (exact) mass is 435 g/mol. The first-order valence-electron chi connectivity index (χ1n) is 9.62. The summed E-state index contributed by atoms with van der Waals surface area (Å²) in [4.78, 5) is 10.7. The normalized spacial score (nSPS) is 13.7. The fraction of sp³-hybridized carbons (Fsp3) is 0.174. The predicted octanol–water partition coefficient (Wildman–Crippen LogP) is 6.30. The zero-order chi connectivity index (χ0) is 21.1. The van der Waals surface area contributed by atoms with Gasteiger partial charge < -0.3 is 4.90 Å². The Hall–Kier alpha value is -2.83. The van der Waals surface area contributed by atoms with Crippen LogP contribution in [0.15, 0.2) is 89.7 Å². The van der Waals surface area contributed by atoms with E-state index in [0.29, 0.717) is 10.8 Å². The first kappa shape index (κ1) is 20.4. The van der Waals surface area contributed by atoms with Gasteiger partial charge in [0.2, 0.25) is 0 Å². The lowest BCUT2D eigenvalue weighted by molar-refractivity contribution is 0.976. The summed E-state index contributed by atoms with van der Waals surface area (Å²) in [5.74, 6) is 0.609. The lowest BCUT2D eigenvalue weighted by Gasteiger charge is -2.32. The number of fused-ring (bicyclic) bond motifs is 1. The first-order chi connectivity index (χ1) is 14.6. The molecule has 0 saturated heterocycles. The Morgan fingerprint density at radius 1 is 1.20 bits per heavy atom. The Balaban J connectivity index is 1.64. The number of rotatable bonds is 7. The van der Waals surface area contributed by atoms with Gasteiger partial charge in [0, 0.05) is 17.1 Å². The van der Waals surface area contributed by atoms with Gasteiger partial charge in [-0.3, -0.25) is 5.10 Å². The summed E-state index contributed by atoms with van der Waals surface area (Å²) in [6.07, 6.45) is 9.83. The second kappa shape index (κ2) is 8.90. The number of hydrogen-bond donors (Lipinski definition) is 1. The molecule has 7 heteroatoms. The molecule has 0 saturated carbocycles. The van der Waals surface area contributed by atoms with E-state index in [1.165, 1.54) is 11.9 Å². The molecule has 0 atom stereocenters. The van der Waals surface area contributed by atoms with Crippen LogP contribution in [0.1, 0.15) is 19.8 Å². The van der Waals surface area contributed by atoms with E-state index in [4.69, 9.17) is 11.6 Å². The van der Waals surface area contributed by atoms with Gasteiger partial charge in [0.15, 0.2) is 5.65 Å². The molecule has 2 aromatic heterocycles. The van der Waals surface area contributed by atoms with Crippen LogP contribution in [-0.2, 0) is 0 Å². The summed E-state index contributed by atoms with van der Waals surface area (Å²) < 4.78 is 0. The second-order valence-corrected chi connectivity index (χ2v) is 8.35. The number of thioether (sulfide) groups is 1. The molecule has 0 unspecified atom stereocenters. The Kier molecular flexibility index (Phi) is 6.06. The van der Waals surface area contributed by atoms with E-state index in [-0.39, 0.29) is 0 Å². The van der Waals surface area contributed by atoms with Gasteiger partial charge in [0.05, 0.1) is 22.3 Å². The minimum absolute atomic E-state index is 0.609. The van der Waals surface area contributed by atoms with Gasteiger partial charge in [0.25, 0.3) is 0 Å². The number of allylic oxidation sites excluding steroid dienone is 3. The maximum Gasteiger partial charge on any atom is 0.159 e. The molecule has 0 amide bonds. The molecule has 0 bridgehead atoms. The van der Waals surface area contributed by atoms with E-state index in [0.717, 1.165) is 51.6 Å². The quantitative estimate of drug-likeness (QED) is 0.348. The van der Waals surface area contributed by atoms with E-state index in [2.05, 4.69) is 57.3 Å². The highest BCUT2D eigenvalue weighted by Gasteiger charge is 2.21. The third-order valence-corrected chi connectivity index (χ3v) is 6.36. The number of anilines is 1. The average molecular weight is 436 g/mol. The van der Waals surface area contributed by atoms with E-state index >= 15 is 0 Å². The van der Waals surface area contributed by atoms with Crippen LogP contribution >= 0.6 is 23.4 Å². The predicted molar refractivity (Wildman–Crippen MR) is 126 cm³/mol. The van der Waals surface area contributed by atoms with Gasteiger partial charge in [0.1, 0.15) is 11.4 Å². The summed E-state index contributed by atoms with van der Waals surface area (Å²) in [5, 5.41) is 9.34. The Labute approximate surface area is 185 Å². The number of hydrogen-bond acceptors (Lipinski definition) is 5. The molecule has 1 aromatic carbocycles. The van der Waals surface area contributed by atoms with Crippen molar-refractivity contribution in [3.63, 3.8) is 0 Å². The summed E-state index contributed by atoms with van der Waals surface area (Å²) in [6.45, 7) is 10.9. The van der Waals surface area contributed by atoms with Crippen molar-refractivity contribution in [2.24, 2.45) is 0 Å². The van der Waals surface area contributed by atoms with Crippen LogP contribution in [0.25, 0.3) is 11.0 Å². The molecule has 30 heavy (non-hydrogen) atoms. The molecule has 0 radical (unpaired) electrons.